The molecule has 0 radical (unpaired) electrons. The highest BCUT2D eigenvalue weighted by atomic mass is 32.5. The Balaban J connectivity index is 2.11. The summed E-state index contributed by atoms with van der Waals surface area (Å²) in [7, 11) is -9.74. The van der Waals surface area contributed by atoms with E-state index in [-0.39, 0.29) is 43.6 Å². The van der Waals surface area contributed by atoms with E-state index in [4.69, 9.17) is 4.74 Å². The smallest absolute Gasteiger partial charge is 0.410 e. The van der Waals surface area contributed by atoms with Crippen LogP contribution in [0.15, 0.2) is 29.2 Å². The first kappa shape index (κ1) is 20.8. The van der Waals surface area contributed by atoms with Gasteiger partial charge in [-0.3, -0.25) is 0 Å². The zero-order chi connectivity index (χ0) is 20.1. The van der Waals surface area contributed by atoms with Crippen molar-refractivity contribution < 1.29 is 34.1 Å². The van der Waals surface area contributed by atoms with Crippen LogP contribution in [0.5, 0.6) is 0 Å². The van der Waals surface area contributed by atoms with Gasteiger partial charge in [-0.25, -0.2) is 4.79 Å². The van der Waals surface area contributed by atoms with E-state index in [9.17, 15) is 29.3 Å². The van der Waals surface area contributed by atoms with Crippen molar-refractivity contribution in [2.75, 3.05) is 13.1 Å². The molecule has 2 rings (SSSR count). The van der Waals surface area contributed by atoms with E-state index in [1.165, 1.54) is 4.90 Å². The van der Waals surface area contributed by atoms with E-state index in [1.54, 1.807) is 20.8 Å². The molecule has 0 saturated carbocycles. The van der Waals surface area contributed by atoms with E-state index in [1.807, 2.05) is 0 Å². The predicted molar refractivity (Wildman–Crippen MR) is 88.8 cm³/mol. The lowest BCUT2D eigenvalue weighted by atomic mass is 9.84. The van der Waals surface area contributed by atoms with Gasteiger partial charge in [0.1, 0.15) is 10.5 Å². The van der Waals surface area contributed by atoms with Crippen LogP contribution in [-0.2, 0) is 10.3 Å². The first-order valence-electron chi connectivity index (χ1n) is 7.95. The summed E-state index contributed by atoms with van der Waals surface area (Å²) in [6.45, 7) is 5.41. The number of benzene rings is 1. The number of carbonyl (C=O) groups excluding carboxylic acids is 1. The van der Waals surface area contributed by atoms with Crippen LogP contribution in [0, 0.1) is 0 Å². The Morgan fingerprint density at radius 3 is 1.92 bits per heavy atom. The molecule has 10 heteroatoms. The molecule has 150 valence electrons. The number of rotatable bonds is 2. The van der Waals surface area contributed by atoms with Gasteiger partial charge in [0.25, 0.3) is 0 Å². The maximum Gasteiger partial charge on any atom is 0.410 e. The number of halogens is 5. The largest absolute Gasteiger partial charge is 0.444 e. The number of hydrogen-bond donors (Lipinski definition) is 1. The Hall–Kier alpha value is -1.55. The molecule has 1 aliphatic heterocycles. The van der Waals surface area contributed by atoms with Crippen LogP contribution in [-0.4, -0.2) is 34.8 Å². The second-order valence-corrected chi connectivity index (χ2v) is 9.90. The molecule has 0 aromatic heterocycles. The zero-order valence-electron chi connectivity index (χ0n) is 14.6. The Labute approximate surface area is 148 Å². The van der Waals surface area contributed by atoms with E-state index in [2.05, 4.69) is 0 Å². The van der Waals surface area contributed by atoms with E-state index < -0.39 is 32.4 Å². The lowest BCUT2D eigenvalue weighted by Gasteiger charge is -2.41. The fourth-order valence-corrected chi connectivity index (χ4v) is 3.35. The molecule has 0 bridgehead atoms. The third-order valence-electron chi connectivity index (χ3n) is 4.08. The monoisotopic (exact) mass is 403 g/mol. The summed E-state index contributed by atoms with van der Waals surface area (Å²) in [5, 5.41) is 10.7. The Morgan fingerprint density at radius 2 is 1.54 bits per heavy atom. The van der Waals surface area contributed by atoms with Gasteiger partial charge in [0.15, 0.2) is 0 Å². The fraction of sp³-hybridized carbons (Fsp3) is 0.562. The Kier molecular flexibility index (Phi) is 4.37. The average molecular weight is 403 g/mol. The van der Waals surface area contributed by atoms with Gasteiger partial charge >= 0.3 is 16.3 Å². The summed E-state index contributed by atoms with van der Waals surface area (Å²) >= 11 is 0. The van der Waals surface area contributed by atoms with Crippen LogP contribution in [0.25, 0.3) is 0 Å². The van der Waals surface area contributed by atoms with Crippen LogP contribution < -0.4 is 0 Å². The number of aliphatic hydroxyl groups is 1. The summed E-state index contributed by atoms with van der Waals surface area (Å²) in [5.41, 5.74) is -2.06. The van der Waals surface area contributed by atoms with Crippen LogP contribution in [0.4, 0.5) is 24.2 Å². The third kappa shape index (κ3) is 5.00. The lowest BCUT2D eigenvalue weighted by Crippen LogP contribution is -2.46. The SMILES string of the molecule is CC(C)(C)OC(=O)N1CCC(O)(c2ccc(S(F)(F)(F)(F)F)cc2)CC1. The van der Waals surface area contributed by atoms with Crippen molar-refractivity contribution in [3.8, 4) is 0 Å². The molecule has 26 heavy (non-hydrogen) atoms. The molecule has 0 aliphatic carbocycles. The van der Waals surface area contributed by atoms with E-state index >= 15 is 0 Å². The Bertz CT molecular complexity index is 690. The van der Waals surface area contributed by atoms with E-state index in [0.29, 0.717) is 0 Å². The minimum absolute atomic E-state index is 0.0575. The van der Waals surface area contributed by atoms with Crippen molar-refractivity contribution in [2.24, 2.45) is 0 Å². The first-order chi connectivity index (χ1) is 11.4. The normalized spacial score (nSPS) is 20.9. The summed E-state index contributed by atoms with van der Waals surface area (Å²) in [4.78, 5) is 11.4. The van der Waals surface area contributed by atoms with Crippen molar-refractivity contribution >= 4 is 16.3 Å². The van der Waals surface area contributed by atoms with Gasteiger partial charge in [0.2, 0.25) is 0 Å². The van der Waals surface area contributed by atoms with Crippen LogP contribution in [0.1, 0.15) is 39.2 Å². The van der Waals surface area contributed by atoms with Crippen LogP contribution >= 0.6 is 10.2 Å². The molecule has 1 aromatic rings. The molecule has 1 aliphatic rings. The van der Waals surface area contributed by atoms with Crippen LogP contribution in [0.3, 0.4) is 0 Å². The van der Waals surface area contributed by atoms with Gasteiger partial charge < -0.3 is 14.7 Å². The molecule has 1 saturated heterocycles. The maximum atomic E-state index is 12.8. The number of likely N-dealkylation sites (tertiary alicyclic amines) is 1. The highest BCUT2D eigenvalue weighted by Crippen LogP contribution is 3.02. The highest BCUT2D eigenvalue weighted by molar-refractivity contribution is 8.45. The Morgan fingerprint density at radius 1 is 1.08 bits per heavy atom. The standard InChI is InChI=1S/C16H22F5NO3S/c1-15(2,3)25-14(23)22-10-8-16(24,9-11-22)12-4-6-13(7-5-12)26(17,18,19,20)21/h4-7,24H,8-11H2,1-3H3. The number of amides is 1. The summed E-state index contributed by atoms with van der Waals surface area (Å²) in [6.07, 6.45) is -0.430. The summed E-state index contributed by atoms with van der Waals surface area (Å²) in [5.74, 6) is 0. The van der Waals surface area contributed by atoms with Crippen molar-refractivity contribution in [3.05, 3.63) is 29.8 Å². The molecule has 1 N–H and O–H groups in total. The van der Waals surface area contributed by atoms with Crippen LogP contribution in [0.2, 0.25) is 0 Å². The number of hydrogen-bond acceptors (Lipinski definition) is 3. The second kappa shape index (κ2) is 5.48. The second-order valence-electron chi connectivity index (χ2n) is 7.49. The van der Waals surface area contributed by atoms with Gasteiger partial charge in [-0.2, -0.15) is 0 Å². The molecule has 4 nitrogen and oxygen atoms in total. The number of carbonyl (C=O) groups is 1. The molecule has 1 aromatic carbocycles. The topological polar surface area (TPSA) is 49.8 Å². The average Bonchev–Trinajstić information content (AvgIpc) is 2.44. The molecule has 0 unspecified atom stereocenters. The van der Waals surface area contributed by atoms with Gasteiger partial charge in [-0.1, -0.05) is 31.6 Å². The first-order valence-corrected chi connectivity index (χ1v) is 9.90. The minimum atomic E-state index is -9.74. The molecule has 1 fully saturated rings. The highest BCUT2D eigenvalue weighted by Gasteiger charge is 2.65. The van der Waals surface area contributed by atoms with Crippen molar-refractivity contribution in [3.63, 3.8) is 0 Å². The fourth-order valence-electron chi connectivity index (χ4n) is 2.70. The lowest BCUT2D eigenvalue weighted by molar-refractivity contribution is -0.0357. The summed E-state index contributed by atoms with van der Waals surface area (Å²) < 4.78 is 69.1. The number of piperidine rings is 1. The maximum absolute atomic E-state index is 12.8. The molecule has 0 spiro atoms. The molecule has 0 atom stereocenters. The van der Waals surface area contributed by atoms with Gasteiger partial charge in [0.05, 0.1) is 5.60 Å². The van der Waals surface area contributed by atoms with Crippen molar-refractivity contribution in [2.45, 2.75) is 49.7 Å². The molecule has 1 heterocycles. The van der Waals surface area contributed by atoms with Crippen molar-refractivity contribution in [1.29, 1.82) is 0 Å². The van der Waals surface area contributed by atoms with Crippen molar-refractivity contribution in [1.82, 2.24) is 4.90 Å². The summed E-state index contributed by atoms with van der Waals surface area (Å²) in [6, 6.07) is 2.29. The predicted octanol–water partition coefficient (Wildman–Crippen LogP) is 5.56. The quantitative estimate of drug-likeness (QED) is 0.658. The zero-order valence-corrected chi connectivity index (χ0v) is 15.5. The van der Waals surface area contributed by atoms with E-state index in [0.717, 1.165) is 12.1 Å². The third-order valence-corrected chi connectivity index (χ3v) is 5.24. The minimum Gasteiger partial charge on any atom is -0.444 e. The molecular weight excluding hydrogens is 381 g/mol. The number of ether oxygens (including phenoxy) is 1. The number of nitrogens with zero attached hydrogens (tertiary/aromatic N) is 1. The van der Waals surface area contributed by atoms with Gasteiger partial charge in [-0.05, 0) is 51.3 Å². The molecule has 1 amide bonds. The molecular formula is C16H22F5NO3S. The van der Waals surface area contributed by atoms with Gasteiger partial charge in [0, 0.05) is 13.1 Å². The van der Waals surface area contributed by atoms with Gasteiger partial charge in [-0.15, -0.1) is 0 Å².